The monoisotopic (exact) mass is 476 g/mol. The van der Waals surface area contributed by atoms with Crippen molar-refractivity contribution < 1.29 is 75.1 Å². The molecule has 15 nitrogen and oxygen atoms in total. The molecule has 11 N–H and O–H groups in total. The van der Waals surface area contributed by atoms with Crippen molar-refractivity contribution in [1.29, 1.82) is 0 Å². The Kier molecular flexibility index (Phi) is 10.5. The van der Waals surface area contributed by atoms with E-state index in [-0.39, 0.29) is 0 Å². The summed E-state index contributed by atoms with van der Waals surface area (Å²) in [5, 5.41) is 108. The molecule has 2 saturated heterocycles. The molecule has 0 aromatic heterocycles. The summed E-state index contributed by atoms with van der Waals surface area (Å²) in [6.07, 6.45) is -21.9. The molecule has 0 bridgehead atoms. The first-order valence-corrected chi connectivity index (χ1v) is 9.92. The zero-order valence-electron chi connectivity index (χ0n) is 16.9. The lowest BCUT2D eigenvalue weighted by Gasteiger charge is -2.44. The lowest BCUT2D eigenvalue weighted by atomic mass is 9.98. The molecular formula is C17H32O15. The zero-order valence-corrected chi connectivity index (χ0v) is 16.9. The van der Waals surface area contributed by atoms with Crippen LogP contribution in [0, 0.1) is 0 Å². The van der Waals surface area contributed by atoms with Crippen LogP contribution >= 0.6 is 0 Å². The van der Waals surface area contributed by atoms with E-state index in [0.29, 0.717) is 0 Å². The van der Waals surface area contributed by atoms with Crippen LogP contribution in [0.2, 0.25) is 0 Å². The van der Waals surface area contributed by atoms with E-state index in [4.69, 9.17) is 18.9 Å². The summed E-state index contributed by atoms with van der Waals surface area (Å²) < 4.78 is 21.1. The van der Waals surface area contributed by atoms with Gasteiger partial charge in [0.05, 0.1) is 26.4 Å². The maximum absolute atomic E-state index is 10.2. The fraction of sp³-hybridized carbons (Fsp3) is 1.00. The van der Waals surface area contributed by atoms with Crippen LogP contribution < -0.4 is 0 Å². The Morgan fingerprint density at radius 2 is 1.03 bits per heavy atom. The van der Waals surface area contributed by atoms with Gasteiger partial charge in [-0.25, -0.2) is 0 Å². The summed E-state index contributed by atoms with van der Waals surface area (Å²) in [7, 11) is 0. The molecule has 0 aromatic rings. The number of rotatable bonds is 10. The van der Waals surface area contributed by atoms with Crippen molar-refractivity contribution in [3.05, 3.63) is 0 Å². The van der Waals surface area contributed by atoms with Crippen molar-refractivity contribution in [2.45, 2.75) is 79.7 Å². The molecule has 0 amide bonds. The minimum atomic E-state index is -1.87. The van der Waals surface area contributed by atoms with Crippen LogP contribution in [-0.4, -0.2) is 162 Å². The van der Waals surface area contributed by atoms with E-state index in [2.05, 4.69) is 0 Å². The highest BCUT2D eigenvalue weighted by atomic mass is 16.7. The third kappa shape index (κ3) is 5.90. The molecule has 2 aliphatic heterocycles. The van der Waals surface area contributed by atoms with Crippen molar-refractivity contribution >= 4 is 0 Å². The topological polar surface area (TPSA) is 259 Å². The van der Waals surface area contributed by atoms with Crippen LogP contribution in [-0.2, 0) is 18.9 Å². The van der Waals surface area contributed by atoms with Crippen molar-refractivity contribution in [3.8, 4) is 0 Å². The largest absolute Gasteiger partial charge is 0.394 e. The number of ether oxygens (including phenoxy) is 4. The SMILES string of the molecule is OC[C@H](O)[C@H](O[C@@H]1O[C@H](CO)[C@@H](O)[C@H](O)[C@H]1O)[C@@H](CO)O[C@@H]1O[C@H](CO)[C@@H](O)[C@H](O)[C@H]1O. The number of aliphatic hydroxyl groups is 11. The summed E-state index contributed by atoms with van der Waals surface area (Å²) >= 11 is 0. The van der Waals surface area contributed by atoms with Crippen molar-refractivity contribution in [2.24, 2.45) is 0 Å². The van der Waals surface area contributed by atoms with Crippen molar-refractivity contribution in [3.63, 3.8) is 0 Å². The summed E-state index contributed by atoms with van der Waals surface area (Å²) in [4.78, 5) is 0. The Labute approximate surface area is 182 Å². The molecule has 32 heavy (non-hydrogen) atoms. The van der Waals surface area contributed by atoms with Crippen LogP contribution in [0.3, 0.4) is 0 Å². The molecule has 2 aliphatic rings. The number of aliphatic hydroxyl groups excluding tert-OH is 11. The van der Waals surface area contributed by atoms with Crippen LogP contribution in [0.15, 0.2) is 0 Å². The Morgan fingerprint density at radius 1 is 0.594 bits per heavy atom. The number of hydrogen-bond acceptors (Lipinski definition) is 15. The van der Waals surface area contributed by atoms with Gasteiger partial charge in [-0.1, -0.05) is 0 Å². The molecule has 0 spiro atoms. The van der Waals surface area contributed by atoms with E-state index in [1.54, 1.807) is 0 Å². The maximum Gasteiger partial charge on any atom is 0.187 e. The molecule has 0 saturated carbocycles. The molecular weight excluding hydrogens is 444 g/mol. The predicted molar refractivity (Wildman–Crippen MR) is 97.5 cm³/mol. The third-order valence-electron chi connectivity index (χ3n) is 5.41. The molecule has 2 rings (SSSR count). The summed E-state index contributed by atoms with van der Waals surface area (Å²) in [6, 6.07) is 0. The van der Waals surface area contributed by atoms with Gasteiger partial charge >= 0.3 is 0 Å². The highest BCUT2D eigenvalue weighted by molar-refractivity contribution is 4.92. The Balaban J connectivity index is 2.19. The van der Waals surface area contributed by atoms with E-state index < -0.39 is 106 Å². The first-order chi connectivity index (χ1) is 15.1. The summed E-state index contributed by atoms with van der Waals surface area (Å²) in [6.45, 7) is -3.37. The minimum absolute atomic E-state index is 0.751. The average molecular weight is 476 g/mol. The van der Waals surface area contributed by atoms with E-state index in [0.717, 1.165) is 0 Å². The average Bonchev–Trinajstić information content (AvgIpc) is 2.80. The molecule has 2 fully saturated rings. The van der Waals surface area contributed by atoms with Gasteiger partial charge in [0.1, 0.15) is 67.1 Å². The van der Waals surface area contributed by atoms with E-state index in [1.165, 1.54) is 0 Å². The lowest BCUT2D eigenvalue weighted by molar-refractivity contribution is -0.349. The smallest absolute Gasteiger partial charge is 0.187 e. The van der Waals surface area contributed by atoms with E-state index in [9.17, 15) is 56.2 Å². The molecule has 13 atom stereocenters. The van der Waals surface area contributed by atoms with Gasteiger partial charge in [-0.15, -0.1) is 0 Å². The van der Waals surface area contributed by atoms with Crippen LogP contribution in [0.25, 0.3) is 0 Å². The van der Waals surface area contributed by atoms with E-state index in [1.807, 2.05) is 0 Å². The fourth-order valence-corrected chi connectivity index (χ4v) is 3.44. The van der Waals surface area contributed by atoms with Gasteiger partial charge in [-0.3, -0.25) is 0 Å². The van der Waals surface area contributed by atoms with Gasteiger partial charge in [0.2, 0.25) is 0 Å². The second kappa shape index (κ2) is 12.2. The molecule has 190 valence electrons. The normalized spacial score (nSPS) is 43.6. The molecule has 0 unspecified atom stereocenters. The lowest BCUT2D eigenvalue weighted by Crippen LogP contribution is -2.63. The second-order valence-electron chi connectivity index (χ2n) is 7.60. The maximum atomic E-state index is 10.2. The summed E-state index contributed by atoms with van der Waals surface area (Å²) in [5.41, 5.74) is 0. The Bertz CT molecular complexity index is 550. The quantitative estimate of drug-likeness (QED) is 0.140. The van der Waals surface area contributed by atoms with Gasteiger partial charge < -0.3 is 75.1 Å². The summed E-state index contributed by atoms with van der Waals surface area (Å²) in [5.74, 6) is 0. The van der Waals surface area contributed by atoms with Gasteiger partial charge in [0.25, 0.3) is 0 Å². The van der Waals surface area contributed by atoms with Crippen LogP contribution in [0.5, 0.6) is 0 Å². The van der Waals surface area contributed by atoms with Gasteiger partial charge in [-0.2, -0.15) is 0 Å². The second-order valence-corrected chi connectivity index (χ2v) is 7.60. The molecule has 0 aromatic carbocycles. The van der Waals surface area contributed by atoms with Gasteiger partial charge in [0.15, 0.2) is 12.6 Å². The highest BCUT2D eigenvalue weighted by Crippen LogP contribution is 2.27. The first kappa shape index (κ1) is 27.6. The molecule has 2 heterocycles. The van der Waals surface area contributed by atoms with Crippen LogP contribution in [0.4, 0.5) is 0 Å². The van der Waals surface area contributed by atoms with E-state index >= 15 is 0 Å². The Morgan fingerprint density at radius 3 is 1.41 bits per heavy atom. The highest BCUT2D eigenvalue weighted by Gasteiger charge is 2.49. The fourth-order valence-electron chi connectivity index (χ4n) is 3.44. The molecule has 15 heteroatoms. The van der Waals surface area contributed by atoms with Gasteiger partial charge in [0, 0.05) is 0 Å². The number of hydrogen-bond donors (Lipinski definition) is 11. The Hall–Kier alpha value is -0.600. The first-order valence-electron chi connectivity index (χ1n) is 9.92. The van der Waals surface area contributed by atoms with Crippen molar-refractivity contribution in [2.75, 3.05) is 26.4 Å². The predicted octanol–water partition coefficient (Wildman–Crippen LogP) is -7.30. The minimum Gasteiger partial charge on any atom is -0.394 e. The van der Waals surface area contributed by atoms with Crippen LogP contribution in [0.1, 0.15) is 0 Å². The molecule has 0 aliphatic carbocycles. The third-order valence-corrected chi connectivity index (χ3v) is 5.41. The zero-order chi connectivity index (χ0) is 24.2. The van der Waals surface area contributed by atoms with Crippen molar-refractivity contribution in [1.82, 2.24) is 0 Å². The standard InChI is InChI=1S/C17H32O15/c18-1-5(22)15(32-17-14(28)12(26)10(24)7(3-20)30-17)8(4-21)31-16-13(27)11(25)9(23)6(2-19)29-16/h5-28H,1-4H2/t5-,6+,7+,8+,9+,10+,11-,12-,13+,14+,15-,16-,17-/m0/s1. The molecule has 0 radical (unpaired) electrons. The van der Waals surface area contributed by atoms with Gasteiger partial charge in [-0.05, 0) is 0 Å².